The van der Waals surface area contributed by atoms with Crippen LogP contribution in [0.15, 0.2) is 24.3 Å². The third kappa shape index (κ3) is 3.60. The summed E-state index contributed by atoms with van der Waals surface area (Å²) in [7, 11) is 1.55. The smallest absolute Gasteiger partial charge is 0.262 e. The molecule has 6 nitrogen and oxygen atoms in total. The molecule has 22 heavy (non-hydrogen) atoms. The predicted octanol–water partition coefficient (Wildman–Crippen LogP) is 0.422. The van der Waals surface area contributed by atoms with Crippen LogP contribution in [0.4, 0.5) is 0 Å². The van der Waals surface area contributed by atoms with Crippen molar-refractivity contribution in [3.8, 4) is 0 Å². The molecule has 0 aromatic carbocycles. The molecule has 2 fully saturated rings. The molecular formula is C15H20N2O4S. The Hall–Kier alpha value is -1.57. The normalized spacial score (nSPS) is 32.3. The first-order valence-corrected chi connectivity index (χ1v) is 7.57. The highest BCUT2D eigenvalue weighted by atomic mass is 32.1. The van der Waals surface area contributed by atoms with E-state index in [0.29, 0.717) is 19.3 Å². The zero-order valence-corrected chi connectivity index (χ0v) is 13.2. The van der Waals surface area contributed by atoms with Gasteiger partial charge in [-0.2, -0.15) is 0 Å². The zero-order valence-electron chi connectivity index (χ0n) is 12.4. The van der Waals surface area contributed by atoms with Gasteiger partial charge in [0.1, 0.15) is 5.57 Å². The zero-order chi connectivity index (χ0) is 16.3. The van der Waals surface area contributed by atoms with Crippen molar-refractivity contribution in [3.63, 3.8) is 0 Å². The van der Waals surface area contributed by atoms with Crippen LogP contribution in [0.2, 0.25) is 0 Å². The molecule has 0 radical (unpaired) electrons. The second kappa shape index (κ2) is 7.13. The fourth-order valence-electron chi connectivity index (χ4n) is 3.05. The summed E-state index contributed by atoms with van der Waals surface area (Å²) in [5, 5.41) is 15.1. The number of aliphatic hydroxyl groups is 1. The molecule has 2 rings (SSSR count). The first kappa shape index (κ1) is 16.8. The molecule has 4 atom stereocenters. The first-order chi connectivity index (χ1) is 10.5. The minimum atomic E-state index is -0.570. The molecule has 1 aliphatic heterocycles. The summed E-state index contributed by atoms with van der Waals surface area (Å²) in [5.41, 5.74) is 0.0576. The summed E-state index contributed by atoms with van der Waals surface area (Å²) in [6.45, 7) is 3.70. The van der Waals surface area contributed by atoms with Crippen LogP contribution < -0.4 is 10.6 Å². The fraction of sp³-hybridized carbons (Fsp3) is 0.533. The molecule has 1 saturated heterocycles. The van der Waals surface area contributed by atoms with E-state index in [-0.39, 0.29) is 28.6 Å². The molecule has 120 valence electrons. The number of hydrogen-bond donors (Lipinski definition) is 3. The average molecular weight is 324 g/mol. The molecule has 0 aromatic rings. The Kier molecular flexibility index (Phi) is 5.44. The number of ether oxygens (including phenoxy) is 1. The lowest BCUT2D eigenvalue weighted by Gasteiger charge is -2.37. The summed E-state index contributed by atoms with van der Waals surface area (Å²) in [4.78, 5) is 23.8. The number of rotatable bonds is 4. The number of amides is 2. The van der Waals surface area contributed by atoms with Crippen LogP contribution in [-0.4, -0.2) is 41.4 Å². The lowest BCUT2D eigenvalue weighted by atomic mass is 9.75. The van der Waals surface area contributed by atoms with Crippen molar-refractivity contribution in [2.45, 2.75) is 31.5 Å². The maximum Gasteiger partial charge on any atom is 0.262 e. The number of hydrogen-bond acceptors (Lipinski definition) is 5. The van der Waals surface area contributed by atoms with Crippen molar-refractivity contribution in [2.75, 3.05) is 7.11 Å². The largest absolute Gasteiger partial charge is 0.390 e. The molecule has 3 N–H and O–H groups in total. The van der Waals surface area contributed by atoms with Gasteiger partial charge >= 0.3 is 0 Å². The SMILES string of the molecule is C=CCC1CC(C=C2C(=O)NC(=S)NC2=O)CC(OC)C1O. The summed E-state index contributed by atoms with van der Waals surface area (Å²) >= 11 is 4.77. The van der Waals surface area contributed by atoms with E-state index < -0.39 is 17.9 Å². The van der Waals surface area contributed by atoms with Crippen molar-refractivity contribution >= 4 is 29.1 Å². The summed E-state index contributed by atoms with van der Waals surface area (Å²) in [5.74, 6) is -1.02. The molecule has 1 aliphatic carbocycles. The highest BCUT2D eigenvalue weighted by Crippen LogP contribution is 2.34. The van der Waals surface area contributed by atoms with Gasteiger partial charge < -0.3 is 9.84 Å². The third-order valence-electron chi connectivity index (χ3n) is 4.12. The first-order valence-electron chi connectivity index (χ1n) is 7.16. The van der Waals surface area contributed by atoms with Crippen LogP contribution in [0.1, 0.15) is 19.3 Å². The average Bonchev–Trinajstić information content (AvgIpc) is 2.46. The number of carbonyl (C=O) groups excluding carboxylic acids is 2. The highest BCUT2D eigenvalue weighted by molar-refractivity contribution is 7.80. The van der Waals surface area contributed by atoms with Crippen molar-refractivity contribution < 1.29 is 19.4 Å². The monoisotopic (exact) mass is 324 g/mol. The molecular weight excluding hydrogens is 304 g/mol. The molecule has 1 heterocycles. The van der Waals surface area contributed by atoms with E-state index in [4.69, 9.17) is 17.0 Å². The van der Waals surface area contributed by atoms with Gasteiger partial charge in [-0.3, -0.25) is 20.2 Å². The number of carbonyl (C=O) groups is 2. The van der Waals surface area contributed by atoms with Gasteiger partial charge in [0, 0.05) is 7.11 Å². The third-order valence-corrected chi connectivity index (χ3v) is 4.33. The van der Waals surface area contributed by atoms with E-state index in [2.05, 4.69) is 17.2 Å². The Morgan fingerprint density at radius 3 is 2.55 bits per heavy atom. The maximum absolute atomic E-state index is 11.9. The lowest BCUT2D eigenvalue weighted by Crippen LogP contribution is -2.51. The van der Waals surface area contributed by atoms with Gasteiger partial charge in [-0.25, -0.2) is 0 Å². The van der Waals surface area contributed by atoms with Gasteiger partial charge in [0.2, 0.25) is 0 Å². The Labute approximate surface area is 134 Å². The van der Waals surface area contributed by atoms with Gasteiger partial charge in [0.25, 0.3) is 11.8 Å². The Bertz CT molecular complexity index is 510. The van der Waals surface area contributed by atoms with E-state index >= 15 is 0 Å². The molecule has 7 heteroatoms. The topological polar surface area (TPSA) is 87.7 Å². The van der Waals surface area contributed by atoms with Crippen molar-refractivity contribution in [1.82, 2.24) is 10.6 Å². The summed E-state index contributed by atoms with van der Waals surface area (Å²) in [6, 6.07) is 0. The number of thiocarbonyl (C=S) groups is 1. The standard InChI is InChI=1S/C15H20N2O4S/c1-3-4-9-5-8(7-11(21-2)12(9)18)6-10-13(19)16-15(22)17-14(10)20/h3,6,8-9,11-12,18H,1,4-5,7H2,2H3,(H2,16,17,19,20,22). The molecule has 0 aromatic heterocycles. The number of aliphatic hydroxyl groups excluding tert-OH is 1. The lowest BCUT2D eigenvalue weighted by molar-refractivity contribution is -0.123. The maximum atomic E-state index is 11.9. The molecule has 0 spiro atoms. The molecule has 0 bridgehead atoms. The predicted molar refractivity (Wildman–Crippen MR) is 84.8 cm³/mol. The Balaban J connectivity index is 2.18. The van der Waals surface area contributed by atoms with Gasteiger partial charge in [0.05, 0.1) is 12.2 Å². The van der Waals surface area contributed by atoms with Crippen LogP contribution >= 0.6 is 12.2 Å². The van der Waals surface area contributed by atoms with Crippen LogP contribution in [0.3, 0.4) is 0 Å². The van der Waals surface area contributed by atoms with Gasteiger partial charge in [-0.15, -0.1) is 6.58 Å². The molecule has 4 unspecified atom stereocenters. The second-order valence-electron chi connectivity index (χ2n) is 5.60. The Morgan fingerprint density at radius 1 is 1.36 bits per heavy atom. The van der Waals surface area contributed by atoms with E-state index in [1.807, 2.05) is 0 Å². The second-order valence-corrected chi connectivity index (χ2v) is 6.01. The van der Waals surface area contributed by atoms with E-state index in [0.717, 1.165) is 0 Å². The summed E-state index contributed by atoms with van der Waals surface area (Å²) in [6.07, 6.45) is 4.40. The molecule has 2 aliphatic rings. The van der Waals surface area contributed by atoms with Crippen LogP contribution in [-0.2, 0) is 14.3 Å². The van der Waals surface area contributed by atoms with Gasteiger partial charge in [0.15, 0.2) is 5.11 Å². The minimum Gasteiger partial charge on any atom is -0.390 e. The molecule has 2 amide bonds. The van der Waals surface area contributed by atoms with Crippen LogP contribution in [0.25, 0.3) is 0 Å². The Morgan fingerprint density at radius 2 is 2.00 bits per heavy atom. The minimum absolute atomic E-state index is 0.00570. The van der Waals surface area contributed by atoms with E-state index in [1.165, 1.54) is 0 Å². The number of nitrogens with one attached hydrogen (secondary N) is 2. The number of methoxy groups -OCH3 is 1. The van der Waals surface area contributed by atoms with Crippen LogP contribution in [0.5, 0.6) is 0 Å². The van der Waals surface area contributed by atoms with E-state index in [1.54, 1.807) is 19.3 Å². The quantitative estimate of drug-likeness (QED) is 0.302. The van der Waals surface area contributed by atoms with Crippen LogP contribution in [0, 0.1) is 11.8 Å². The van der Waals surface area contributed by atoms with Gasteiger partial charge in [-0.05, 0) is 43.3 Å². The van der Waals surface area contributed by atoms with E-state index in [9.17, 15) is 14.7 Å². The van der Waals surface area contributed by atoms with Crippen molar-refractivity contribution in [1.29, 1.82) is 0 Å². The van der Waals surface area contributed by atoms with Gasteiger partial charge in [-0.1, -0.05) is 12.2 Å². The van der Waals surface area contributed by atoms with Crippen molar-refractivity contribution in [2.24, 2.45) is 11.8 Å². The number of allylic oxidation sites excluding steroid dienone is 2. The molecule has 1 saturated carbocycles. The van der Waals surface area contributed by atoms with Crippen molar-refractivity contribution in [3.05, 3.63) is 24.3 Å². The highest BCUT2D eigenvalue weighted by Gasteiger charge is 2.37. The fourth-order valence-corrected chi connectivity index (χ4v) is 3.24. The summed E-state index contributed by atoms with van der Waals surface area (Å²) < 4.78 is 5.33.